The number of carbonyl (C=O) groups is 2. The normalized spacial score (nSPS) is 19.9. The molecule has 12 heteroatoms. The summed E-state index contributed by atoms with van der Waals surface area (Å²) >= 11 is 0. The van der Waals surface area contributed by atoms with Gasteiger partial charge in [0.25, 0.3) is 5.88 Å². The van der Waals surface area contributed by atoms with E-state index < -0.39 is 23.2 Å². The number of hydrogen-bond donors (Lipinski definition) is 1. The molecule has 2 aliphatic rings. The lowest BCUT2D eigenvalue weighted by atomic mass is 10.0. The van der Waals surface area contributed by atoms with Gasteiger partial charge in [-0.05, 0) is 49.4 Å². The molecule has 2 fully saturated rings. The van der Waals surface area contributed by atoms with E-state index in [1.807, 2.05) is 0 Å². The molecule has 0 aliphatic carbocycles. The minimum atomic E-state index is -1.07. The Hall–Kier alpha value is -4.11. The molecule has 1 aromatic heterocycles. The number of amides is 2. The first-order valence-corrected chi connectivity index (χ1v) is 12.1. The van der Waals surface area contributed by atoms with Gasteiger partial charge in [-0.25, -0.2) is 9.37 Å². The number of ether oxygens (including phenoxy) is 1. The van der Waals surface area contributed by atoms with Crippen molar-refractivity contribution < 1.29 is 23.6 Å². The molecule has 0 unspecified atom stereocenters. The van der Waals surface area contributed by atoms with E-state index in [0.717, 1.165) is 12.0 Å². The highest BCUT2D eigenvalue weighted by molar-refractivity contribution is 5.84. The topological polar surface area (TPSA) is 142 Å². The Kier molecular flexibility index (Phi) is 8.25. The summed E-state index contributed by atoms with van der Waals surface area (Å²) in [5, 5.41) is 23.5. The maximum absolute atomic E-state index is 13.8. The van der Waals surface area contributed by atoms with Crippen LogP contribution < -0.4 is 10.1 Å². The molecule has 1 aromatic carbocycles. The number of pyridine rings is 1. The summed E-state index contributed by atoms with van der Waals surface area (Å²) in [5.74, 6) is -0.364. The van der Waals surface area contributed by atoms with Crippen LogP contribution in [0.1, 0.15) is 24.8 Å². The average Bonchev–Trinajstić information content (AvgIpc) is 3.56. The fraction of sp³-hybridized carbons (Fsp3) is 0.440. The zero-order valence-electron chi connectivity index (χ0n) is 20.1. The van der Waals surface area contributed by atoms with Crippen molar-refractivity contribution in [1.29, 1.82) is 5.26 Å². The molecule has 0 saturated carbocycles. The highest BCUT2D eigenvalue weighted by Crippen LogP contribution is 2.28. The van der Waals surface area contributed by atoms with Crippen LogP contribution in [0.4, 0.5) is 10.1 Å². The third kappa shape index (κ3) is 6.37. The van der Waals surface area contributed by atoms with Gasteiger partial charge >= 0.3 is 5.69 Å². The van der Waals surface area contributed by atoms with Crippen molar-refractivity contribution in [3.63, 3.8) is 0 Å². The van der Waals surface area contributed by atoms with Gasteiger partial charge in [0.05, 0.1) is 30.1 Å². The van der Waals surface area contributed by atoms with E-state index in [0.29, 0.717) is 25.3 Å². The van der Waals surface area contributed by atoms with E-state index in [2.05, 4.69) is 16.4 Å². The molecule has 2 amide bonds. The van der Waals surface area contributed by atoms with Gasteiger partial charge in [0, 0.05) is 25.4 Å². The Morgan fingerprint density at radius 3 is 2.73 bits per heavy atom. The molecule has 3 heterocycles. The lowest BCUT2D eigenvalue weighted by molar-refractivity contribution is -0.386. The molecule has 0 radical (unpaired) electrons. The summed E-state index contributed by atoms with van der Waals surface area (Å²) in [6.45, 7) is 0.711. The molecule has 11 nitrogen and oxygen atoms in total. The van der Waals surface area contributed by atoms with E-state index in [-0.39, 0.29) is 49.3 Å². The highest BCUT2D eigenvalue weighted by atomic mass is 19.1. The Morgan fingerprint density at radius 1 is 1.27 bits per heavy atom. The van der Waals surface area contributed by atoms with Crippen LogP contribution in [0.3, 0.4) is 0 Å². The number of aromatic nitrogens is 1. The molecule has 0 bridgehead atoms. The molecule has 1 N–H and O–H groups in total. The number of benzene rings is 1. The van der Waals surface area contributed by atoms with E-state index in [9.17, 15) is 29.4 Å². The number of halogens is 1. The molecular formula is C25H27FN6O5. The number of rotatable bonds is 9. The molecule has 0 spiro atoms. The van der Waals surface area contributed by atoms with Gasteiger partial charge in [0.1, 0.15) is 18.0 Å². The first-order chi connectivity index (χ1) is 17.9. The van der Waals surface area contributed by atoms with Crippen LogP contribution in [0, 0.1) is 21.4 Å². The van der Waals surface area contributed by atoms with Gasteiger partial charge in [-0.15, -0.1) is 0 Å². The zero-order valence-corrected chi connectivity index (χ0v) is 20.1. The molecular weight excluding hydrogens is 483 g/mol. The van der Waals surface area contributed by atoms with Crippen molar-refractivity contribution in [3.05, 3.63) is 58.3 Å². The van der Waals surface area contributed by atoms with Gasteiger partial charge in [-0.1, -0.05) is 12.1 Å². The second-order valence-corrected chi connectivity index (χ2v) is 9.01. The number of nitro groups is 1. The highest BCUT2D eigenvalue weighted by Gasteiger charge is 2.33. The maximum atomic E-state index is 13.8. The van der Waals surface area contributed by atoms with Crippen LogP contribution >= 0.6 is 0 Å². The minimum Gasteiger partial charge on any atom is -0.434 e. The maximum Gasteiger partial charge on any atom is 0.331 e. The molecule has 3 atom stereocenters. The van der Waals surface area contributed by atoms with Crippen molar-refractivity contribution in [2.75, 3.05) is 26.2 Å². The van der Waals surface area contributed by atoms with E-state index in [4.69, 9.17) is 4.74 Å². The summed E-state index contributed by atoms with van der Waals surface area (Å²) in [7, 11) is 0. The fourth-order valence-electron chi connectivity index (χ4n) is 4.54. The summed E-state index contributed by atoms with van der Waals surface area (Å²) in [6.07, 6.45) is 2.22. The smallest absolute Gasteiger partial charge is 0.331 e. The van der Waals surface area contributed by atoms with Crippen molar-refractivity contribution in [2.45, 2.75) is 43.9 Å². The number of hydrogen-bond acceptors (Lipinski definition) is 8. The van der Waals surface area contributed by atoms with E-state index in [1.54, 1.807) is 24.3 Å². The van der Waals surface area contributed by atoms with Crippen LogP contribution in [-0.2, 0) is 16.0 Å². The van der Waals surface area contributed by atoms with Gasteiger partial charge in [-0.2, -0.15) is 5.26 Å². The van der Waals surface area contributed by atoms with E-state index >= 15 is 0 Å². The van der Waals surface area contributed by atoms with Crippen molar-refractivity contribution in [1.82, 2.24) is 20.1 Å². The first kappa shape index (κ1) is 26.0. The first-order valence-electron chi connectivity index (χ1n) is 12.1. The van der Waals surface area contributed by atoms with Crippen LogP contribution in [-0.4, -0.2) is 76.0 Å². The lowest BCUT2D eigenvalue weighted by Gasteiger charge is -2.26. The number of carbonyl (C=O) groups excluding carboxylic acids is 2. The van der Waals surface area contributed by atoms with Crippen molar-refractivity contribution in [2.24, 2.45) is 0 Å². The second kappa shape index (κ2) is 11.7. The van der Waals surface area contributed by atoms with E-state index in [1.165, 1.54) is 28.1 Å². The second-order valence-electron chi connectivity index (χ2n) is 9.01. The number of nitrogens with zero attached hydrogens (tertiary/aromatic N) is 5. The Balaban J connectivity index is 1.44. The third-order valence-corrected chi connectivity index (χ3v) is 6.49. The quantitative estimate of drug-likeness (QED) is 0.400. The summed E-state index contributed by atoms with van der Waals surface area (Å²) in [4.78, 5) is 43.4. The summed E-state index contributed by atoms with van der Waals surface area (Å²) in [6, 6.07) is 10.3. The third-order valence-electron chi connectivity index (χ3n) is 6.49. The lowest BCUT2D eigenvalue weighted by Crippen LogP contribution is -2.50. The summed E-state index contributed by atoms with van der Waals surface area (Å²) < 4.78 is 19.3. The van der Waals surface area contributed by atoms with Gasteiger partial charge in [0.15, 0.2) is 0 Å². The monoisotopic (exact) mass is 510 g/mol. The number of likely N-dealkylation sites (tertiary alicyclic amines) is 2. The van der Waals surface area contributed by atoms with Gasteiger partial charge in [-0.3, -0.25) is 25.0 Å². The van der Waals surface area contributed by atoms with Crippen LogP contribution in [0.5, 0.6) is 11.6 Å². The van der Waals surface area contributed by atoms with Crippen LogP contribution in [0.15, 0.2) is 42.6 Å². The van der Waals surface area contributed by atoms with Gasteiger partial charge < -0.3 is 14.5 Å². The van der Waals surface area contributed by atoms with Crippen LogP contribution in [0.25, 0.3) is 0 Å². The van der Waals surface area contributed by atoms with Crippen molar-refractivity contribution >= 4 is 17.5 Å². The zero-order chi connectivity index (χ0) is 26.4. The number of nitrogens with one attached hydrogen (secondary N) is 1. The van der Waals surface area contributed by atoms with Crippen LogP contribution in [0.2, 0.25) is 0 Å². The SMILES string of the molecule is N#C[C@@H]1CCCN1C(=O)CN[C@@H](Cc1ccc(Oc2ncccc2[N+](=O)[O-])cc1)C(=O)N1CC[C@H](F)C1. The molecule has 2 saturated heterocycles. The fourth-order valence-corrected chi connectivity index (χ4v) is 4.54. The summed E-state index contributed by atoms with van der Waals surface area (Å²) in [5.41, 5.74) is 0.479. The minimum absolute atomic E-state index is 0.0171. The Morgan fingerprint density at radius 2 is 2.05 bits per heavy atom. The predicted molar refractivity (Wildman–Crippen MR) is 129 cm³/mol. The number of alkyl halides is 1. The predicted octanol–water partition coefficient (Wildman–Crippen LogP) is 2.37. The standard InChI is InChI=1S/C25H27FN6O5/c26-18-9-12-30(16-18)25(34)21(29-15-23(33)31-11-2-3-19(31)14-27)13-17-5-7-20(8-6-17)37-24-22(32(35)36)4-1-10-28-24/h1,4-8,10,18-19,21,29H,2-3,9,11-13,15-16H2/t18-,19-,21-/m0/s1. The van der Waals surface area contributed by atoms with Gasteiger partial charge in [0.2, 0.25) is 11.8 Å². The largest absolute Gasteiger partial charge is 0.434 e. The molecule has 2 aliphatic heterocycles. The molecule has 4 rings (SSSR count). The van der Waals surface area contributed by atoms with Crippen molar-refractivity contribution in [3.8, 4) is 17.7 Å². The average molecular weight is 511 g/mol. The molecule has 194 valence electrons. The number of nitriles is 1. The molecule has 37 heavy (non-hydrogen) atoms. The Labute approximate surface area is 213 Å². The Bertz CT molecular complexity index is 1190. The molecule has 2 aromatic rings.